The third kappa shape index (κ3) is 3.75. The highest BCUT2D eigenvalue weighted by Crippen LogP contribution is 2.15. The van der Waals surface area contributed by atoms with E-state index in [1.165, 1.54) is 0 Å². The van der Waals surface area contributed by atoms with E-state index < -0.39 is 0 Å². The normalized spacial score (nSPS) is 10.4. The number of carbonyl (C=O) groups is 1. The molecule has 0 aliphatic rings. The SMILES string of the molecule is CCc1ccccc1NC(=O)NCc1nc(-c2cccnc2)n[nH]1. The Morgan fingerprint density at radius 3 is 2.88 bits per heavy atom. The van der Waals surface area contributed by atoms with Gasteiger partial charge in [0.05, 0.1) is 6.54 Å². The van der Waals surface area contributed by atoms with E-state index in [0.717, 1.165) is 23.2 Å². The van der Waals surface area contributed by atoms with Gasteiger partial charge in [0.2, 0.25) is 0 Å². The molecule has 7 heteroatoms. The molecule has 0 aliphatic carbocycles. The number of H-pyrrole nitrogens is 1. The van der Waals surface area contributed by atoms with Gasteiger partial charge in [-0.3, -0.25) is 10.1 Å². The van der Waals surface area contributed by atoms with E-state index >= 15 is 0 Å². The van der Waals surface area contributed by atoms with Gasteiger partial charge in [-0.05, 0) is 30.2 Å². The molecular weight excluding hydrogens is 304 g/mol. The number of urea groups is 1. The predicted octanol–water partition coefficient (Wildman–Crippen LogP) is 2.75. The van der Waals surface area contributed by atoms with Gasteiger partial charge in [0.15, 0.2) is 5.82 Å². The number of aromatic nitrogens is 4. The molecule has 0 spiro atoms. The Bertz CT molecular complexity index is 815. The number of anilines is 1. The highest BCUT2D eigenvalue weighted by molar-refractivity contribution is 5.90. The molecule has 0 atom stereocenters. The van der Waals surface area contributed by atoms with Crippen molar-refractivity contribution in [2.75, 3.05) is 5.32 Å². The maximum absolute atomic E-state index is 12.0. The first kappa shape index (κ1) is 15.7. The van der Waals surface area contributed by atoms with Crippen LogP contribution in [0.15, 0.2) is 48.8 Å². The van der Waals surface area contributed by atoms with E-state index in [1.54, 1.807) is 12.4 Å². The first-order valence-electron chi connectivity index (χ1n) is 7.70. The summed E-state index contributed by atoms with van der Waals surface area (Å²) in [5.41, 5.74) is 2.72. The van der Waals surface area contributed by atoms with E-state index in [9.17, 15) is 4.79 Å². The fourth-order valence-corrected chi connectivity index (χ4v) is 2.28. The fraction of sp³-hybridized carbons (Fsp3) is 0.176. The Hall–Kier alpha value is -3.22. The molecule has 2 heterocycles. The number of nitrogens with zero attached hydrogens (tertiary/aromatic N) is 3. The molecular formula is C17H18N6O. The van der Waals surface area contributed by atoms with Gasteiger partial charge >= 0.3 is 6.03 Å². The van der Waals surface area contributed by atoms with Crippen LogP contribution < -0.4 is 10.6 Å². The lowest BCUT2D eigenvalue weighted by atomic mass is 10.1. The molecule has 0 bridgehead atoms. The number of hydrogen-bond acceptors (Lipinski definition) is 4. The molecule has 7 nitrogen and oxygen atoms in total. The minimum Gasteiger partial charge on any atom is -0.331 e. The van der Waals surface area contributed by atoms with Crippen molar-refractivity contribution in [3.63, 3.8) is 0 Å². The van der Waals surface area contributed by atoms with Crippen LogP contribution in [-0.2, 0) is 13.0 Å². The van der Waals surface area contributed by atoms with E-state index in [4.69, 9.17) is 0 Å². The van der Waals surface area contributed by atoms with Crippen LogP contribution >= 0.6 is 0 Å². The number of pyridine rings is 1. The van der Waals surface area contributed by atoms with Crippen molar-refractivity contribution in [2.45, 2.75) is 19.9 Å². The van der Waals surface area contributed by atoms with Crippen LogP contribution in [0.1, 0.15) is 18.3 Å². The van der Waals surface area contributed by atoms with Crippen molar-refractivity contribution in [2.24, 2.45) is 0 Å². The van der Waals surface area contributed by atoms with Crippen molar-refractivity contribution in [3.05, 3.63) is 60.2 Å². The van der Waals surface area contributed by atoms with Crippen LogP contribution in [0.25, 0.3) is 11.4 Å². The van der Waals surface area contributed by atoms with Gasteiger partial charge in [-0.25, -0.2) is 9.78 Å². The number of hydrogen-bond donors (Lipinski definition) is 3. The van der Waals surface area contributed by atoms with Crippen LogP contribution in [0.4, 0.5) is 10.5 Å². The van der Waals surface area contributed by atoms with Gasteiger partial charge < -0.3 is 10.6 Å². The molecule has 0 saturated carbocycles. The highest BCUT2D eigenvalue weighted by Gasteiger charge is 2.08. The number of benzene rings is 1. The van der Waals surface area contributed by atoms with Crippen LogP contribution in [-0.4, -0.2) is 26.2 Å². The topological polar surface area (TPSA) is 95.6 Å². The number of aromatic amines is 1. The molecule has 3 rings (SSSR count). The Morgan fingerprint density at radius 2 is 2.08 bits per heavy atom. The molecule has 1 aromatic carbocycles. The minimum absolute atomic E-state index is 0.257. The highest BCUT2D eigenvalue weighted by atomic mass is 16.2. The van der Waals surface area contributed by atoms with Gasteiger partial charge in [0.1, 0.15) is 5.82 Å². The summed E-state index contributed by atoms with van der Waals surface area (Å²) in [6.45, 7) is 2.31. The lowest BCUT2D eigenvalue weighted by Gasteiger charge is -2.10. The maximum Gasteiger partial charge on any atom is 0.319 e. The molecule has 3 N–H and O–H groups in total. The first-order valence-corrected chi connectivity index (χ1v) is 7.70. The summed E-state index contributed by atoms with van der Waals surface area (Å²) in [6.07, 6.45) is 4.24. The van der Waals surface area contributed by atoms with E-state index in [1.807, 2.05) is 43.3 Å². The summed E-state index contributed by atoms with van der Waals surface area (Å²) in [6, 6.07) is 11.1. The second-order valence-corrected chi connectivity index (χ2v) is 5.17. The Kier molecular flexibility index (Phi) is 4.81. The summed E-state index contributed by atoms with van der Waals surface area (Å²) >= 11 is 0. The lowest BCUT2D eigenvalue weighted by molar-refractivity contribution is 0.251. The summed E-state index contributed by atoms with van der Waals surface area (Å²) in [5, 5.41) is 12.6. The summed E-state index contributed by atoms with van der Waals surface area (Å²) < 4.78 is 0. The molecule has 2 amide bonds. The van der Waals surface area contributed by atoms with Crippen LogP contribution in [0, 0.1) is 0 Å². The smallest absolute Gasteiger partial charge is 0.319 e. The Labute approximate surface area is 139 Å². The molecule has 0 radical (unpaired) electrons. The molecule has 0 fully saturated rings. The second-order valence-electron chi connectivity index (χ2n) is 5.17. The van der Waals surface area contributed by atoms with Crippen LogP contribution in [0.2, 0.25) is 0 Å². The Morgan fingerprint density at radius 1 is 1.21 bits per heavy atom. The standard InChI is InChI=1S/C17H18N6O/c1-2-12-6-3-4-8-14(12)20-17(24)19-11-15-21-16(23-22-15)13-7-5-9-18-10-13/h3-10H,2,11H2,1H3,(H2,19,20,24)(H,21,22,23). The number of rotatable bonds is 5. The zero-order valence-electron chi connectivity index (χ0n) is 13.3. The molecule has 0 saturated heterocycles. The average molecular weight is 322 g/mol. The molecule has 3 aromatic rings. The van der Waals surface area contributed by atoms with Gasteiger partial charge in [-0.1, -0.05) is 25.1 Å². The fourth-order valence-electron chi connectivity index (χ4n) is 2.28. The largest absolute Gasteiger partial charge is 0.331 e. The van der Waals surface area contributed by atoms with Crippen LogP contribution in [0.5, 0.6) is 0 Å². The average Bonchev–Trinajstić information content (AvgIpc) is 3.10. The lowest BCUT2D eigenvalue weighted by Crippen LogP contribution is -2.29. The van der Waals surface area contributed by atoms with Crippen molar-refractivity contribution in [1.82, 2.24) is 25.5 Å². The van der Waals surface area contributed by atoms with Gasteiger partial charge in [0, 0.05) is 23.6 Å². The summed E-state index contributed by atoms with van der Waals surface area (Å²) in [4.78, 5) is 20.4. The van der Waals surface area contributed by atoms with Gasteiger partial charge in [-0.15, -0.1) is 0 Å². The number of aryl methyl sites for hydroxylation is 1. The van der Waals surface area contributed by atoms with E-state index in [2.05, 4.69) is 30.8 Å². The van der Waals surface area contributed by atoms with E-state index in [0.29, 0.717) is 11.6 Å². The van der Waals surface area contributed by atoms with Gasteiger partial charge in [0.25, 0.3) is 0 Å². The third-order valence-electron chi connectivity index (χ3n) is 3.51. The number of nitrogens with one attached hydrogen (secondary N) is 3. The summed E-state index contributed by atoms with van der Waals surface area (Å²) in [5.74, 6) is 1.13. The predicted molar refractivity (Wildman–Crippen MR) is 91.3 cm³/mol. The van der Waals surface area contributed by atoms with Crippen LogP contribution in [0.3, 0.4) is 0 Å². The van der Waals surface area contributed by atoms with Crippen molar-refractivity contribution >= 4 is 11.7 Å². The Balaban J connectivity index is 1.58. The van der Waals surface area contributed by atoms with Crippen molar-refractivity contribution in [3.8, 4) is 11.4 Å². The van der Waals surface area contributed by atoms with Gasteiger partial charge in [-0.2, -0.15) is 5.10 Å². The van der Waals surface area contributed by atoms with Crippen molar-refractivity contribution < 1.29 is 4.79 Å². The molecule has 0 aliphatic heterocycles. The minimum atomic E-state index is -0.282. The summed E-state index contributed by atoms with van der Waals surface area (Å²) in [7, 11) is 0. The van der Waals surface area contributed by atoms with Crippen molar-refractivity contribution in [1.29, 1.82) is 0 Å². The quantitative estimate of drug-likeness (QED) is 0.673. The monoisotopic (exact) mass is 322 g/mol. The molecule has 24 heavy (non-hydrogen) atoms. The molecule has 0 unspecified atom stereocenters. The zero-order chi connectivity index (χ0) is 16.8. The maximum atomic E-state index is 12.0. The molecule has 2 aromatic heterocycles. The first-order chi connectivity index (χ1) is 11.8. The zero-order valence-corrected chi connectivity index (χ0v) is 13.3. The molecule has 122 valence electrons. The number of carbonyl (C=O) groups excluding carboxylic acids is 1. The number of amides is 2. The second kappa shape index (κ2) is 7.36. The third-order valence-corrected chi connectivity index (χ3v) is 3.51. The number of para-hydroxylation sites is 1. The van der Waals surface area contributed by atoms with E-state index in [-0.39, 0.29) is 12.6 Å².